The van der Waals surface area contributed by atoms with Gasteiger partial charge in [0.1, 0.15) is 10.7 Å². The van der Waals surface area contributed by atoms with E-state index >= 15 is 0 Å². The van der Waals surface area contributed by atoms with Crippen LogP contribution in [0.2, 0.25) is 0 Å². The number of anilines is 2. The molecule has 21 heavy (non-hydrogen) atoms. The summed E-state index contributed by atoms with van der Waals surface area (Å²) in [7, 11) is 3.71. The van der Waals surface area contributed by atoms with Gasteiger partial charge in [-0.05, 0) is 30.0 Å². The molecule has 110 valence electrons. The summed E-state index contributed by atoms with van der Waals surface area (Å²) in [4.78, 5) is 29.4. The van der Waals surface area contributed by atoms with E-state index in [9.17, 15) is 9.59 Å². The molecular formula is C14H15N3O3S. The number of carboxylic acid groups (broad SMARTS) is 1. The van der Waals surface area contributed by atoms with Gasteiger partial charge in [-0.1, -0.05) is 0 Å². The summed E-state index contributed by atoms with van der Waals surface area (Å²) in [5.41, 5.74) is 1.44. The lowest BCUT2D eigenvalue weighted by Crippen LogP contribution is -2.16. The van der Waals surface area contributed by atoms with Crippen molar-refractivity contribution >= 4 is 34.7 Å². The lowest BCUT2D eigenvalue weighted by Gasteiger charge is -2.11. The molecule has 2 rings (SSSR count). The van der Waals surface area contributed by atoms with Gasteiger partial charge in [-0.3, -0.25) is 4.79 Å². The van der Waals surface area contributed by atoms with Gasteiger partial charge in [-0.2, -0.15) is 0 Å². The van der Waals surface area contributed by atoms with Gasteiger partial charge in [-0.15, -0.1) is 11.3 Å². The molecule has 0 aliphatic rings. The van der Waals surface area contributed by atoms with Crippen LogP contribution >= 0.6 is 11.3 Å². The normalized spacial score (nSPS) is 10.2. The molecule has 0 aliphatic carbocycles. The van der Waals surface area contributed by atoms with Crippen molar-refractivity contribution in [2.45, 2.75) is 6.92 Å². The van der Waals surface area contributed by atoms with E-state index < -0.39 is 5.97 Å². The number of aromatic carboxylic acids is 1. The summed E-state index contributed by atoms with van der Waals surface area (Å²) in [6, 6.07) is 3.38. The summed E-state index contributed by atoms with van der Waals surface area (Å²) in [5.74, 6) is -0.689. The van der Waals surface area contributed by atoms with Gasteiger partial charge >= 0.3 is 5.97 Å². The third-order valence-corrected chi connectivity index (χ3v) is 3.96. The molecule has 0 bridgehead atoms. The Morgan fingerprint density at radius 1 is 1.33 bits per heavy atom. The smallest absolute Gasteiger partial charge is 0.348 e. The van der Waals surface area contributed by atoms with Crippen molar-refractivity contribution in [3.05, 3.63) is 39.7 Å². The molecule has 0 spiro atoms. The van der Waals surface area contributed by atoms with Crippen LogP contribution in [0, 0.1) is 6.92 Å². The largest absolute Gasteiger partial charge is 0.477 e. The van der Waals surface area contributed by atoms with Crippen LogP contribution in [0.25, 0.3) is 0 Å². The Bertz CT molecular complexity index is 677. The minimum atomic E-state index is -1.05. The molecule has 2 aromatic heterocycles. The van der Waals surface area contributed by atoms with Gasteiger partial charge < -0.3 is 15.3 Å². The zero-order valence-corrected chi connectivity index (χ0v) is 12.7. The van der Waals surface area contributed by atoms with Gasteiger partial charge in [0.15, 0.2) is 0 Å². The summed E-state index contributed by atoms with van der Waals surface area (Å²) < 4.78 is 0. The fraction of sp³-hybridized carbons (Fsp3) is 0.214. The Morgan fingerprint density at radius 2 is 2.05 bits per heavy atom. The number of aromatic nitrogens is 1. The maximum absolute atomic E-state index is 12.2. The molecule has 2 aromatic rings. The molecule has 2 N–H and O–H groups in total. The Morgan fingerprint density at radius 3 is 2.57 bits per heavy atom. The van der Waals surface area contributed by atoms with E-state index in [0.717, 1.165) is 22.7 Å². The number of rotatable bonds is 4. The molecule has 0 fully saturated rings. The standard InChI is InChI=1S/C14H15N3O3S/c1-8-7-21-12(14(19)20)11(8)16-13(18)9-4-5-10(15-6-9)17(2)3/h4-7H,1-3H3,(H,16,18)(H,19,20). The zero-order valence-electron chi connectivity index (χ0n) is 11.9. The first-order valence-corrected chi connectivity index (χ1v) is 7.04. The van der Waals surface area contributed by atoms with E-state index in [1.54, 1.807) is 24.4 Å². The van der Waals surface area contributed by atoms with E-state index in [2.05, 4.69) is 10.3 Å². The second-order valence-corrected chi connectivity index (χ2v) is 5.56. The second kappa shape index (κ2) is 5.92. The fourth-order valence-corrected chi connectivity index (χ4v) is 2.57. The number of pyridine rings is 1. The Labute approximate surface area is 126 Å². The Kier molecular flexibility index (Phi) is 4.23. The van der Waals surface area contributed by atoms with Crippen molar-refractivity contribution in [2.75, 3.05) is 24.3 Å². The summed E-state index contributed by atoms with van der Waals surface area (Å²) in [6.45, 7) is 1.76. The minimum Gasteiger partial charge on any atom is -0.477 e. The number of hydrogen-bond acceptors (Lipinski definition) is 5. The quantitative estimate of drug-likeness (QED) is 0.906. The maximum Gasteiger partial charge on any atom is 0.348 e. The van der Waals surface area contributed by atoms with E-state index in [-0.39, 0.29) is 10.8 Å². The third kappa shape index (κ3) is 3.19. The van der Waals surface area contributed by atoms with Crippen molar-refractivity contribution in [1.82, 2.24) is 4.98 Å². The molecule has 0 unspecified atom stereocenters. The predicted molar refractivity (Wildman–Crippen MR) is 82.5 cm³/mol. The summed E-state index contributed by atoms with van der Waals surface area (Å²) in [5, 5.41) is 13.4. The average Bonchev–Trinajstić information content (AvgIpc) is 2.80. The van der Waals surface area contributed by atoms with Crippen LogP contribution in [0.5, 0.6) is 0 Å². The molecule has 0 aromatic carbocycles. The summed E-state index contributed by atoms with van der Waals surface area (Å²) in [6.07, 6.45) is 1.47. The Balaban J connectivity index is 2.22. The SMILES string of the molecule is Cc1csc(C(=O)O)c1NC(=O)c1ccc(N(C)C)nc1. The van der Waals surface area contributed by atoms with Gasteiger partial charge in [0, 0.05) is 20.3 Å². The average molecular weight is 305 g/mol. The first-order valence-electron chi connectivity index (χ1n) is 6.16. The number of carboxylic acids is 1. The van der Waals surface area contributed by atoms with E-state index in [1.807, 2.05) is 19.0 Å². The molecule has 0 aliphatic heterocycles. The van der Waals surface area contributed by atoms with Crippen LogP contribution in [0.3, 0.4) is 0 Å². The molecule has 7 heteroatoms. The molecular weight excluding hydrogens is 290 g/mol. The highest BCUT2D eigenvalue weighted by Crippen LogP contribution is 2.28. The maximum atomic E-state index is 12.2. The van der Waals surface area contributed by atoms with Crippen molar-refractivity contribution in [3.8, 4) is 0 Å². The third-order valence-electron chi connectivity index (χ3n) is 2.88. The van der Waals surface area contributed by atoms with Gasteiger partial charge in [-0.25, -0.2) is 9.78 Å². The number of nitrogens with one attached hydrogen (secondary N) is 1. The van der Waals surface area contributed by atoms with Crippen molar-refractivity contribution in [3.63, 3.8) is 0 Å². The monoisotopic (exact) mass is 305 g/mol. The fourth-order valence-electron chi connectivity index (χ4n) is 1.73. The second-order valence-electron chi connectivity index (χ2n) is 4.68. The van der Waals surface area contributed by atoms with E-state index in [0.29, 0.717) is 11.3 Å². The van der Waals surface area contributed by atoms with Crippen molar-refractivity contribution in [1.29, 1.82) is 0 Å². The van der Waals surface area contributed by atoms with Gasteiger partial charge in [0.05, 0.1) is 11.3 Å². The van der Waals surface area contributed by atoms with Gasteiger partial charge in [0.2, 0.25) is 0 Å². The van der Waals surface area contributed by atoms with Crippen LogP contribution in [-0.2, 0) is 0 Å². The lowest BCUT2D eigenvalue weighted by atomic mass is 10.2. The molecule has 0 saturated carbocycles. The van der Waals surface area contributed by atoms with Crippen LogP contribution < -0.4 is 10.2 Å². The van der Waals surface area contributed by atoms with Crippen LogP contribution in [0.1, 0.15) is 25.6 Å². The molecule has 2 heterocycles. The number of thiophene rings is 1. The number of nitrogens with zero attached hydrogens (tertiary/aromatic N) is 2. The highest BCUT2D eigenvalue weighted by molar-refractivity contribution is 7.12. The first-order chi connectivity index (χ1) is 9.90. The van der Waals surface area contributed by atoms with Crippen molar-refractivity contribution in [2.24, 2.45) is 0 Å². The number of aryl methyl sites for hydroxylation is 1. The molecule has 0 atom stereocenters. The topological polar surface area (TPSA) is 82.5 Å². The predicted octanol–water partition coefficient (Wildman–Crippen LogP) is 2.47. The molecule has 0 radical (unpaired) electrons. The van der Waals surface area contributed by atoms with Crippen LogP contribution in [0.4, 0.5) is 11.5 Å². The Hall–Kier alpha value is -2.41. The van der Waals surface area contributed by atoms with Crippen LogP contribution in [0.15, 0.2) is 23.7 Å². The first kappa shape index (κ1) is 15.0. The highest BCUT2D eigenvalue weighted by atomic mass is 32.1. The van der Waals surface area contributed by atoms with Gasteiger partial charge in [0.25, 0.3) is 5.91 Å². The number of hydrogen-bond donors (Lipinski definition) is 2. The lowest BCUT2D eigenvalue weighted by molar-refractivity contribution is 0.0703. The summed E-state index contributed by atoms with van der Waals surface area (Å²) >= 11 is 1.09. The zero-order chi connectivity index (χ0) is 15.6. The number of carbonyl (C=O) groups is 2. The van der Waals surface area contributed by atoms with E-state index in [1.165, 1.54) is 6.20 Å². The van der Waals surface area contributed by atoms with E-state index in [4.69, 9.17) is 5.11 Å². The minimum absolute atomic E-state index is 0.124. The molecule has 1 amide bonds. The molecule has 6 nitrogen and oxygen atoms in total. The molecule has 0 saturated heterocycles. The van der Waals surface area contributed by atoms with Crippen LogP contribution in [-0.4, -0.2) is 36.1 Å². The highest BCUT2D eigenvalue weighted by Gasteiger charge is 2.18. The number of carbonyl (C=O) groups excluding carboxylic acids is 1. The number of amides is 1. The van der Waals surface area contributed by atoms with Crippen molar-refractivity contribution < 1.29 is 14.7 Å².